The number of amides is 1. The van der Waals surface area contributed by atoms with E-state index >= 15 is 0 Å². The number of carbonyl (C=O) groups is 1. The molecule has 138 valence electrons. The van der Waals surface area contributed by atoms with E-state index in [0.29, 0.717) is 0 Å². The van der Waals surface area contributed by atoms with Crippen molar-refractivity contribution in [2.75, 3.05) is 26.2 Å². The van der Waals surface area contributed by atoms with E-state index < -0.39 is 5.60 Å². The predicted octanol–water partition coefficient (Wildman–Crippen LogP) is 4.47. The van der Waals surface area contributed by atoms with Crippen LogP contribution in [0.25, 0.3) is 5.57 Å². The molecule has 25 heavy (non-hydrogen) atoms. The lowest BCUT2D eigenvalue weighted by atomic mass is 10.00. The summed E-state index contributed by atoms with van der Waals surface area (Å²) >= 11 is 0. The highest BCUT2D eigenvalue weighted by Gasteiger charge is 2.25. The van der Waals surface area contributed by atoms with Crippen LogP contribution in [-0.2, 0) is 11.3 Å². The smallest absolute Gasteiger partial charge is 0.410 e. The Hall–Kier alpha value is -1.81. The molecular formula is C21H32N2O2. The molecular weight excluding hydrogens is 312 g/mol. The highest BCUT2D eigenvalue weighted by atomic mass is 16.6. The zero-order valence-corrected chi connectivity index (χ0v) is 16.6. The van der Waals surface area contributed by atoms with Crippen LogP contribution in [0.2, 0.25) is 0 Å². The first-order valence-electron chi connectivity index (χ1n) is 9.12. The maximum atomic E-state index is 12.1. The summed E-state index contributed by atoms with van der Waals surface area (Å²) in [6, 6.07) is 6.70. The number of hydrogen-bond acceptors (Lipinski definition) is 3. The Bertz CT molecular complexity index is 636. The van der Waals surface area contributed by atoms with Gasteiger partial charge in [0.25, 0.3) is 0 Å². The summed E-state index contributed by atoms with van der Waals surface area (Å²) in [5.41, 5.74) is 4.85. The topological polar surface area (TPSA) is 32.8 Å². The molecule has 1 aromatic carbocycles. The monoisotopic (exact) mass is 344 g/mol. The maximum absolute atomic E-state index is 12.1. The zero-order valence-electron chi connectivity index (χ0n) is 16.6. The van der Waals surface area contributed by atoms with Gasteiger partial charge < -0.3 is 9.64 Å². The number of benzene rings is 1. The van der Waals surface area contributed by atoms with Gasteiger partial charge in [0, 0.05) is 32.7 Å². The van der Waals surface area contributed by atoms with E-state index in [1.54, 1.807) is 0 Å². The first-order chi connectivity index (χ1) is 11.7. The standard InChI is InChI=1S/C21H32N2O2/c1-7-16(2)18-8-9-19(17(3)14-18)15-22-10-12-23(13-11-22)20(24)25-21(4,5)6/h7-9,14H,10-13,15H2,1-6H3. The SMILES string of the molecule is CC=C(C)c1ccc(CN2CCN(C(=O)OC(C)(C)C)CC2)c(C)c1. The molecule has 2 rings (SSSR count). The molecule has 0 radical (unpaired) electrons. The van der Waals surface area contributed by atoms with Crippen LogP contribution >= 0.6 is 0 Å². The van der Waals surface area contributed by atoms with Crippen LogP contribution < -0.4 is 0 Å². The van der Waals surface area contributed by atoms with Crippen molar-refractivity contribution in [1.82, 2.24) is 9.80 Å². The molecule has 0 spiro atoms. The van der Waals surface area contributed by atoms with Crippen LogP contribution in [0.3, 0.4) is 0 Å². The molecule has 4 heteroatoms. The van der Waals surface area contributed by atoms with Crippen LogP contribution in [0.4, 0.5) is 4.79 Å². The summed E-state index contributed by atoms with van der Waals surface area (Å²) in [4.78, 5) is 16.4. The Balaban J connectivity index is 1.91. The number of piperazine rings is 1. The van der Waals surface area contributed by atoms with Gasteiger partial charge in [0.05, 0.1) is 0 Å². The average molecular weight is 344 g/mol. The molecule has 1 fully saturated rings. The van der Waals surface area contributed by atoms with Gasteiger partial charge in [-0.05, 0) is 63.8 Å². The minimum absolute atomic E-state index is 0.200. The number of carbonyl (C=O) groups excluding carboxylic acids is 1. The fourth-order valence-corrected chi connectivity index (χ4v) is 2.94. The molecule has 4 nitrogen and oxygen atoms in total. The molecule has 0 unspecified atom stereocenters. The van der Waals surface area contributed by atoms with Gasteiger partial charge in [-0.1, -0.05) is 24.3 Å². The quantitative estimate of drug-likeness (QED) is 0.811. The number of nitrogens with zero attached hydrogens (tertiary/aromatic N) is 2. The van der Waals surface area contributed by atoms with Crippen molar-refractivity contribution in [1.29, 1.82) is 0 Å². The molecule has 1 aromatic rings. The summed E-state index contributed by atoms with van der Waals surface area (Å²) in [6.07, 6.45) is 1.94. The lowest BCUT2D eigenvalue weighted by Gasteiger charge is -2.35. The number of hydrogen-bond donors (Lipinski definition) is 0. The van der Waals surface area contributed by atoms with Gasteiger partial charge in [0.1, 0.15) is 5.60 Å². The second kappa shape index (κ2) is 8.05. The second-order valence-corrected chi connectivity index (χ2v) is 7.86. The molecule has 1 aliphatic heterocycles. The van der Waals surface area contributed by atoms with Crippen molar-refractivity contribution in [3.05, 3.63) is 41.0 Å². The molecule has 0 bridgehead atoms. The molecule has 0 aliphatic carbocycles. The molecule has 1 aliphatic rings. The van der Waals surface area contributed by atoms with Gasteiger partial charge in [-0.2, -0.15) is 0 Å². The second-order valence-electron chi connectivity index (χ2n) is 7.86. The van der Waals surface area contributed by atoms with Crippen LogP contribution in [0.1, 0.15) is 51.3 Å². The summed E-state index contributed by atoms with van der Waals surface area (Å²) < 4.78 is 5.46. The number of aryl methyl sites for hydroxylation is 1. The Morgan fingerprint density at radius 3 is 2.36 bits per heavy atom. The van der Waals surface area contributed by atoms with Crippen molar-refractivity contribution in [2.45, 2.75) is 53.7 Å². The van der Waals surface area contributed by atoms with Crippen molar-refractivity contribution in [2.24, 2.45) is 0 Å². The van der Waals surface area contributed by atoms with Gasteiger partial charge in [-0.3, -0.25) is 4.90 Å². The number of ether oxygens (including phenoxy) is 1. The van der Waals surface area contributed by atoms with E-state index in [9.17, 15) is 4.79 Å². The van der Waals surface area contributed by atoms with Crippen LogP contribution in [0.5, 0.6) is 0 Å². The fraction of sp³-hybridized carbons (Fsp3) is 0.571. The first-order valence-corrected chi connectivity index (χ1v) is 9.12. The Kier molecular flexibility index (Phi) is 6.28. The Morgan fingerprint density at radius 2 is 1.84 bits per heavy atom. The third-order valence-corrected chi connectivity index (χ3v) is 4.65. The third kappa shape index (κ3) is 5.60. The van der Waals surface area contributed by atoms with Gasteiger partial charge in [-0.15, -0.1) is 0 Å². The van der Waals surface area contributed by atoms with E-state index in [0.717, 1.165) is 32.7 Å². The first kappa shape index (κ1) is 19.5. The fourth-order valence-electron chi connectivity index (χ4n) is 2.94. The summed E-state index contributed by atoms with van der Waals surface area (Å²) in [7, 11) is 0. The largest absolute Gasteiger partial charge is 0.444 e. The van der Waals surface area contributed by atoms with Crippen LogP contribution in [0.15, 0.2) is 24.3 Å². The summed E-state index contributed by atoms with van der Waals surface area (Å²) in [6.45, 7) is 16.3. The normalized spacial score (nSPS) is 16.9. The summed E-state index contributed by atoms with van der Waals surface area (Å²) in [5, 5.41) is 0. The molecule has 0 atom stereocenters. The zero-order chi connectivity index (χ0) is 18.6. The molecule has 1 saturated heterocycles. The van der Waals surface area contributed by atoms with Gasteiger partial charge in [-0.25, -0.2) is 4.79 Å². The predicted molar refractivity (Wildman–Crippen MR) is 104 cm³/mol. The number of rotatable bonds is 3. The molecule has 1 heterocycles. The third-order valence-electron chi connectivity index (χ3n) is 4.65. The number of allylic oxidation sites excluding steroid dienone is 2. The minimum atomic E-state index is -0.432. The van der Waals surface area contributed by atoms with E-state index in [4.69, 9.17) is 4.74 Å². The van der Waals surface area contributed by atoms with Crippen LogP contribution in [-0.4, -0.2) is 47.7 Å². The van der Waals surface area contributed by atoms with E-state index in [1.807, 2.05) is 25.7 Å². The van der Waals surface area contributed by atoms with E-state index in [1.165, 1.54) is 22.3 Å². The van der Waals surface area contributed by atoms with Crippen LogP contribution in [0, 0.1) is 6.92 Å². The Labute approximate surface area is 152 Å². The highest BCUT2D eigenvalue weighted by Crippen LogP contribution is 2.20. The van der Waals surface area contributed by atoms with Gasteiger partial charge >= 0.3 is 6.09 Å². The van der Waals surface area contributed by atoms with E-state index in [2.05, 4.69) is 49.9 Å². The molecule has 1 amide bonds. The van der Waals surface area contributed by atoms with Crippen molar-refractivity contribution >= 4 is 11.7 Å². The lowest BCUT2D eigenvalue weighted by molar-refractivity contribution is 0.0139. The Morgan fingerprint density at radius 1 is 1.20 bits per heavy atom. The lowest BCUT2D eigenvalue weighted by Crippen LogP contribution is -2.49. The minimum Gasteiger partial charge on any atom is -0.444 e. The molecule has 0 N–H and O–H groups in total. The maximum Gasteiger partial charge on any atom is 0.410 e. The van der Waals surface area contributed by atoms with Crippen molar-refractivity contribution in [3.8, 4) is 0 Å². The van der Waals surface area contributed by atoms with E-state index in [-0.39, 0.29) is 6.09 Å². The highest BCUT2D eigenvalue weighted by molar-refractivity contribution is 5.68. The molecule has 0 aromatic heterocycles. The van der Waals surface area contributed by atoms with Crippen molar-refractivity contribution in [3.63, 3.8) is 0 Å². The molecule has 0 saturated carbocycles. The average Bonchev–Trinajstić information content (AvgIpc) is 2.55. The van der Waals surface area contributed by atoms with Gasteiger partial charge in [0.2, 0.25) is 0 Å². The van der Waals surface area contributed by atoms with Gasteiger partial charge in [0.15, 0.2) is 0 Å². The van der Waals surface area contributed by atoms with Crippen molar-refractivity contribution < 1.29 is 9.53 Å². The summed E-state index contributed by atoms with van der Waals surface area (Å²) in [5.74, 6) is 0.